The van der Waals surface area contributed by atoms with E-state index in [2.05, 4.69) is 19.1 Å². The van der Waals surface area contributed by atoms with Crippen LogP contribution in [0.1, 0.15) is 42.7 Å². The standard InChI is InChI=1S/C14H20O2/c1-10-8-12(15-2)14(13(9-10)16-3)11-6-4-5-7-11/h8-9,11H,4-7H2,1-3H3. The van der Waals surface area contributed by atoms with E-state index in [1.165, 1.54) is 36.8 Å². The average Bonchev–Trinajstić information content (AvgIpc) is 2.80. The molecule has 0 aromatic heterocycles. The van der Waals surface area contributed by atoms with Gasteiger partial charge in [0.1, 0.15) is 11.5 Å². The van der Waals surface area contributed by atoms with Gasteiger partial charge >= 0.3 is 0 Å². The molecule has 0 heterocycles. The Hall–Kier alpha value is -1.18. The van der Waals surface area contributed by atoms with E-state index in [-0.39, 0.29) is 0 Å². The summed E-state index contributed by atoms with van der Waals surface area (Å²) in [5, 5.41) is 0. The third kappa shape index (κ3) is 2.01. The van der Waals surface area contributed by atoms with Gasteiger partial charge in [-0.05, 0) is 43.4 Å². The van der Waals surface area contributed by atoms with Crippen LogP contribution in [0.15, 0.2) is 12.1 Å². The Morgan fingerprint density at radius 3 is 1.94 bits per heavy atom. The van der Waals surface area contributed by atoms with Gasteiger partial charge in [0.15, 0.2) is 0 Å². The predicted molar refractivity (Wildman–Crippen MR) is 65.5 cm³/mol. The molecule has 1 aromatic rings. The molecule has 0 aliphatic heterocycles. The molecule has 88 valence electrons. The molecule has 2 rings (SSSR count). The Morgan fingerprint density at radius 1 is 1.00 bits per heavy atom. The molecule has 1 aromatic carbocycles. The highest BCUT2D eigenvalue weighted by atomic mass is 16.5. The number of hydrogen-bond acceptors (Lipinski definition) is 2. The summed E-state index contributed by atoms with van der Waals surface area (Å²) in [6.45, 7) is 2.07. The van der Waals surface area contributed by atoms with Crippen molar-refractivity contribution in [2.45, 2.75) is 38.5 Å². The predicted octanol–water partition coefficient (Wildman–Crippen LogP) is 3.67. The van der Waals surface area contributed by atoms with Crippen molar-refractivity contribution in [3.8, 4) is 11.5 Å². The first-order valence-electron chi connectivity index (χ1n) is 5.98. The number of hydrogen-bond donors (Lipinski definition) is 0. The second kappa shape index (κ2) is 4.77. The van der Waals surface area contributed by atoms with E-state index < -0.39 is 0 Å². The minimum atomic E-state index is 0.616. The van der Waals surface area contributed by atoms with Crippen molar-refractivity contribution in [3.63, 3.8) is 0 Å². The van der Waals surface area contributed by atoms with E-state index in [1.54, 1.807) is 14.2 Å². The third-order valence-electron chi connectivity index (χ3n) is 3.45. The minimum Gasteiger partial charge on any atom is -0.496 e. The number of benzene rings is 1. The Labute approximate surface area is 97.6 Å². The van der Waals surface area contributed by atoms with Gasteiger partial charge in [0, 0.05) is 5.56 Å². The van der Waals surface area contributed by atoms with Gasteiger partial charge in [-0.15, -0.1) is 0 Å². The monoisotopic (exact) mass is 220 g/mol. The van der Waals surface area contributed by atoms with Crippen LogP contribution in [0.4, 0.5) is 0 Å². The van der Waals surface area contributed by atoms with Crippen molar-refractivity contribution in [3.05, 3.63) is 23.3 Å². The molecular weight excluding hydrogens is 200 g/mol. The summed E-state index contributed by atoms with van der Waals surface area (Å²) in [7, 11) is 3.49. The highest BCUT2D eigenvalue weighted by Gasteiger charge is 2.24. The third-order valence-corrected chi connectivity index (χ3v) is 3.45. The molecule has 2 nitrogen and oxygen atoms in total. The molecule has 0 amide bonds. The van der Waals surface area contributed by atoms with Crippen LogP contribution in [-0.4, -0.2) is 14.2 Å². The molecule has 0 bridgehead atoms. The molecule has 16 heavy (non-hydrogen) atoms. The Bertz CT molecular complexity index is 340. The lowest BCUT2D eigenvalue weighted by molar-refractivity contribution is 0.378. The maximum Gasteiger partial charge on any atom is 0.126 e. The zero-order chi connectivity index (χ0) is 11.5. The fourth-order valence-corrected chi connectivity index (χ4v) is 2.69. The van der Waals surface area contributed by atoms with Gasteiger partial charge in [-0.1, -0.05) is 12.8 Å². The first-order chi connectivity index (χ1) is 7.76. The molecular formula is C14H20O2. The highest BCUT2D eigenvalue weighted by molar-refractivity contribution is 5.50. The molecule has 0 N–H and O–H groups in total. The molecule has 0 spiro atoms. The van der Waals surface area contributed by atoms with Crippen molar-refractivity contribution >= 4 is 0 Å². The lowest BCUT2D eigenvalue weighted by Crippen LogP contribution is -2.01. The molecule has 0 radical (unpaired) electrons. The summed E-state index contributed by atoms with van der Waals surface area (Å²) in [5.74, 6) is 2.60. The van der Waals surface area contributed by atoms with Gasteiger partial charge < -0.3 is 9.47 Å². The van der Waals surface area contributed by atoms with Gasteiger partial charge in [0.25, 0.3) is 0 Å². The number of ether oxygens (including phenoxy) is 2. The van der Waals surface area contributed by atoms with E-state index in [0.717, 1.165) is 11.5 Å². The topological polar surface area (TPSA) is 18.5 Å². The van der Waals surface area contributed by atoms with E-state index in [0.29, 0.717) is 5.92 Å². The highest BCUT2D eigenvalue weighted by Crippen LogP contribution is 2.44. The molecule has 0 unspecified atom stereocenters. The van der Waals surface area contributed by atoms with Gasteiger partial charge in [-0.3, -0.25) is 0 Å². The zero-order valence-electron chi connectivity index (χ0n) is 10.4. The van der Waals surface area contributed by atoms with Gasteiger partial charge in [0.2, 0.25) is 0 Å². The van der Waals surface area contributed by atoms with Crippen molar-refractivity contribution in [1.82, 2.24) is 0 Å². The summed E-state index contributed by atoms with van der Waals surface area (Å²) in [6.07, 6.45) is 5.17. The Morgan fingerprint density at radius 2 is 1.50 bits per heavy atom. The van der Waals surface area contributed by atoms with Crippen molar-refractivity contribution in [1.29, 1.82) is 0 Å². The van der Waals surface area contributed by atoms with E-state index in [1.807, 2.05) is 0 Å². The lowest BCUT2D eigenvalue weighted by atomic mass is 9.94. The van der Waals surface area contributed by atoms with Crippen LogP contribution in [0.5, 0.6) is 11.5 Å². The van der Waals surface area contributed by atoms with Crippen LogP contribution in [0.25, 0.3) is 0 Å². The van der Waals surface area contributed by atoms with Gasteiger partial charge in [0.05, 0.1) is 14.2 Å². The van der Waals surface area contributed by atoms with Crippen LogP contribution < -0.4 is 9.47 Å². The van der Waals surface area contributed by atoms with Gasteiger partial charge in [-0.25, -0.2) is 0 Å². The summed E-state index contributed by atoms with van der Waals surface area (Å²) in [5.41, 5.74) is 2.46. The SMILES string of the molecule is COc1cc(C)cc(OC)c1C1CCCC1. The maximum atomic E-state index is 5.50. The van der Waals surface area contributed by atoms with Gasteiger partial charge in [-0.2, -0.15) is 0 Å². The van der Waals surface area contributed by atoms with Crippen molar-refractivity contribution in [2.75, 3.05) is 14.2 Å². The molecule has 1 saturated carbocycles. The minimum absolute atomic E-state index is 0.616. The second-order valence-corrected chi connectivity index (χ2v) is 4.56. The van der Waals surface area contributed by atoms with Crippen molar-refractivity contribution < 1.29 is 9.47 Å². The van der Waals surface area contributed by atoms with Crippen LogP contribution in [-0.2, 0) is 0 Å². The molecule has 0 atom stereocenters. The quantitative estimate of drug-likeness (QED) is 0.773. The smallest absolute Gasteiger partial charge is 0.126 e. The van der Waals surface area contributed by atoms with E-state index in [4.69, 9.17) is 9.47 Å². The Balaban J connectivity index is 2.46. The molecule has 2 heteroatoms. The number of rotatable bonds is 3. The molecule has 1 aliphatic rings. The molecule has 0 saturated heterocycles. The summed E-state index contributed by atoms with van der Waals surface area (Å²) in [4.78, 5) is 0. The van der Waals surface area contributed by atoms with Crippen LogP contribution in [0.2, 0.25) is 0 Å². The largest absolute Gasteiger partial charge is 0.496 e. The first-order valence-corrected chi connectivity index (χ1v) is 5.98. The fourth-order valence-electron chi connectivity index (χ4n) is 2.69. The number of aryl methyl sites for hydroxylation is 1. The lowest BCUT2D eigenvalue weighted by Gasteiger charge is -2.19. The first kappa shape index (κ1) is 11.3. The number of methoxy groups -OCH3 is 2. The Kier molecular flexibility index (Phi) is 3.37. The van der Waals surface area contributed by atoms with Crippen LogP contribution in [0, 0.1) is 6.92 Å². The van der Waals surface area contributed by atoms with Crippen LogP contribution in [0.3, 0.4) is 0 Å². The summed E-state index contributed by atoms with van der Waals surface area (Å²) < 4.78 is 11.0. The van der Waals surface area contributed by atoms with E-state index in [9.17, 15) is 0 Å². The van der Waals surface area contributed by atoms with Crippen LogP contribution >= 0.6 is 0 Å². The maximum absolute atomic E-state index is 5.50. The fraction of sp³-hybridized carbons (Fsp3) is 0.571. The normalized spacial score (nSPS) is 16.4. The molecule has 1 fully saturated rings. The second-order valence-electron chi connectivity index (χ2n) is 4.56. The van der Waals surface area contributed by atoms with E-state index >= 15 is 0 Å². The summed E-state index contributed by atoms with van der Waals surface area (Å²) >= 11 is 0. The zero-order valence-corrected chi connectivity index (χ0v) is 10.4. The molecule has 1 aliphatic carbocycles. The summed E-state index contributed by atoms with van der Waals surface area (Å²) in [6, 6.07) is 4.21. The van der Waals surface area contributed by atoms with Crippen molar-refractivity contribution in [2.24, 2.45) is 0 Å². The average molecular weight is 220 g/mol.